The van der Waals surface area contributed by atoms with Gasteiger partial charge >= 0.3 is 0 Å². The lowest BCUT2D eigenvalue weighted by atomic mass is 10.2. The number of hydrogen-bond donors (Lipinski definition) is 1. The van der Waals surface area contributed by atoms with Crippen LogP contribution in [0, 0.1) is 0 Å². The van der Waals surface area contributed by atoms with Crippen LogP contribution in [0.1, 0.15) is 6.42 Å². The molecule has 0 unspecified atom stereocenters. The number of piperazine rings is 1. The fourth-order valence-electron chi connectivity index (χ4n) is 2.13. The first-order valence-corrected chi connectivity index (χ1v) is 7.29. The molecule has 1 aliphatic heterocycles. The van der Waals surface area contributed by atoms with Gasteiger partial charge in [-0.05, 0) is 35.1 Å². The van der Waals surface area contributed by atoms with Crippen LogP contribution in [-0.2, 0) is 4.79 Å². The molecule has 2 rings (SSSR count). The highest BCUT2D eigenvalue weighted by molar-refractivity contribution is 9.10. The molecule has 1 aromatic rings. The van der Waals surface area contributed by atoms with Crippen molar-refractivity contribution in [2.45, 2.75) is 6.42 Å². The predicted molar refractivity (Wildman–Crippen MR) is 79.3 cm³/mol. The number of pyridine rings is 1. The second-order valence-electron chi connectivity index (χ2n) is 4.56. The molecule has 0 radical (unpaired) electrons. The van der Waals surface area contributed by atoms with Gasteiger partial charge in [0.25, 0.3) is 0 Å². The maximum atomic E-state index is 11.9. The molecule has 0 spiro atoms. The first-order valence-electron chi connectivity index (χ1n) is 6.49. The van der Waals surface area contributed by atoms with Crippen molar-refractivity contribution in [2.24, 2.45) is 0 Å². The SMILES string of the molecule is CNCCC(=O)N1CCN(c2ccc(Br)cn2)CC1. The Morgan fingerprint density at radius 3 is 2.68 bits per heavy atom. The number of halogens is 1. The molecule has 0 aromatic carbocycles. The van der Waals surface area contributed by atoms with Crippen molar-refractivity contribution in [1.29, 1.82) is 0 Å². The van der Waals surface area contributed by atoms with Crippen molar-refractivity contribution < 1.29 is 4.79 Å². The Labute approximate surface area is 122 Å². The summed E-state index contributed by atoms with van der Waals surface area (Å²) in [6.07, 6.45) is 2.38. The molecule has 1 aromatic heterocycles. The van der Waals surface area contributed by atoms with E-state index in [1.54, 1.807) is 6.20 Å². The number of carbonyl (C=O) groups is 1. The molecule has 5 nitrogen and oxygen atoms in total. The Hall–Kier alpha value is -1.14. The van der Waals surface area contributed by atoms with Crippen LogP contribution >= 0.6 is 15.9 Å². The summed E-state index contributed by atoms with van der Waals surface area (Å²) < 4.78 is 0.983. The van der Waals surface area contributed by atoms with Crippen LogP contribution in [0.5, 0.6) is 0 Å². The van der Waals surface area contributed by atoms with Crippen LogP contribution in [0.3, 0.4) is 0 Å². The Kier molecular flexibility index (Phi) is 5.15. The van der Waals surface area contributed by atoms with Gasteiger partial charge in [-0.1, -0.05) is 0 Å². The molecule has 0 atom stereocenters. The Morgan fingerprint density at radius 2 is 2.11 bits per heavy atom. The van der Waals surface area contributed by atoms with Gasteiger partial charge in [0.05, 0.1) is 0 Å². The summed E-state index contributed by atoms with van der Waals surface area (Å²) in [5.41, 5.74) is 0. The summed E-state index contributed by atoms with van der Waals surface area (Å²) in [5.74, 6) is 1.21. The van der Waals surface area contributed by atoms with Crippen molar-refractivity contribution in [3.63, 3.8) is 0 Å². The minimum atomic E-state index is 0.234. The minimum Gasteiger partial charge on any atom is -0.353 e. The van der Waals surface area contributed by atoms with Gasteiger partial charge in [0, 0.05) is 49.8 Å². The third-order valence-corrected chi connectivity index (χ3v) is 3.73. The molecule has 0 aliphatic carbocycles. The van der Waals surface area contributed by atoms with Crippen LogP contribution in [0.15, 0.2) is 22.8 Å². The van der Waals surface area contributed by atoms with E-state index in [4.69, 9.17) is 0 Å². The lowest BCUT2D eigenvalue weighted by Gasteiger charge is -2.35. The average Bonchev–Trinajstić information content (AvgIpc) is 2.46. The van der Waals surface area contributed by atoms with E-state index in [1.165, 1.54) is 0 Å². The first-order chi connectivity index (χ1) is 9.20. The zero-order chi connectivity index (χ0) is 13.7. The predicted octanol–water partition coefficient (Wildman–Crippen LogP) is 1.10. The van der Waals surface area contributed by atoms with Crippen molar-refractivity contribution in [3.05, 3.63) is 22.8 Å². The highest BCUT2D eigenvalue weighted by atomic mass is 79.9. The minimum absolute atomic E-state index is 0.234. The third kappa shape index (κ3) is 3.91. The van der Waals surface area contributed by atoms with Crippen LogP contribution in [-0.4, -0.2) is 55.6 Å². The lowest BCUT2D eigenvalue weighted by molar-refractivity contribution is -0.131. The number of anilines is 1. The van der Waals surface area contributed by atoms with Crippen LogP contribution in [0.4, 0.5) is 5.82 Å². The second kappa shape index (κ2) is 6.86. The van der Waals surface area contributed by atoms with E-state index in [0.717, 1.165) is 43.0 Å². The molecule has 19 heavy (non-hydrogen) atoms. The van der Waals surface area contributed by atoms with Crippen molar-refractivity contribution in [1.82, 2.24) is 15.2 Å². The average molecular weight is 327 g/mol. The number of nitrogens with zero attached hydrogens (tertiary/aromatic N) is 3. The Balaban J connectivity index is 1.85. The number of aromatic nitrogens is 1. The second-order valence-corrected chi connectivity index (χ2v) is 5.47. The normalized spacial score (nSPS) is 15.7. The Bertz CT molecular complexity index is 415. The number of amides is 1. The fourth-order valence-corrected chi connectivity index (χ4v) is 2.36. The van der Waals surface area contributed by atoms with E-state index in [-0.39, 0.29) is 5.91 Å². The van der Waals surface area contributed by atoms with Crippen LogP contribution < -0.4 is 10.2 Å². The van der Waals surface area contributed by atoms with Gasteiger partial charge in [-0.3, -0.25) is 4.79 Å². The van der Waals surface area contributed by atoms with E-state index >= 15 is 0 Å². The Morgan fingerprint density at radius 1 is 1.37 bits per heavy atom. The monoisotopic (exact) mass is 326 g/mol. The van der Waals surface area contributed by atoms with Crippen LogP contribution in [0.25, 0.3) is 0 Å². The molecule has 2 heterocycles. The topological polar surface area (TPSA) is 48.5 Å². The van der Waals surface area contributed by atoms with E-state index in [1.807, 2.05) is 24.1 Å². The van der Waals surface area contributed by atoms with E-state index in [9.17, 15) is 4.79 Å². The number of hydrogen-bond acceptors (Lipinski definition) is 4. The smallest absolute Gasteiger partial charge is 0.223 e. The molecule has 1 aliphatic rings. The zero-order valence-electron chi connectivity index (χ0n) is 11.1. The standard InChI is InChI=1S/C13H19BrN4O/c1-15-5-4-13(19)18-8-6-17(7-9-18)12-3-2-11(14)10-16-12/h2-3,10,15H,4-9H2,1H3. The van der Waals surface area contributed by atoms with Gasteiger partial charge < -0.3 is 15.1 Å². The molecular weight excluding hydrogens is 308 g/mol. The molecule has 6 heteroatoms. The number of carbonyl (C=O) groups excluding carboxylic acids is 1. The lowest BCUT2D eigenvalue weighted by Crippen LogP contribution is -2.49. The van der Waals surface area contributed by atoms with Gasteiger partial charge in [-0.25, -0.2) is 4.98 Å². The maximum absolute atomic E-state index is 11.9. The number of nitrogens with one attached hydrogen (secondary N) is 1. The van der Waals surface area contributed by atoms with E-state index in [2.05, 4.69) is 31.1 Å². The van der Waals surface area contributed by atoms with Gasteiger partial charge in [-0.15, -0.1) is 0 Å². The van der Waals surface area contributed by atoms with E-state index < -0.39 is 0 Å². The van der Waals surface area contributed by atoms with E-state index in [0.29, 0.717) is 6.42 Å². The first kappa shape index (κ1) is 14.3. The summed E-state index contributed by atoms with van der Waals surface area (Å²) in [5, 5.41) is 3.01. The molecule has 0 bridgehead atoms. The fraction of sp³-hybridized carbons (Fsp3) is 0.538. The molecule has 1 fully saturated rings. The van der Waals surface area contributed by atoms with Crippen LogP contribution in [0.2, 0.25) is 0 Å². The summed E-state index contributed by atoms with van der Waals surface area (Å²) in [7, 11) is 1.87. The van der Waals surface area contributed by atoms with Gasteiger partial charge in [0.15, 0.2) is 0 Å². The van der Waals surface area contributed by atoms with Gasteiger partial charge in [0.2, 0.25) is 5.91 Å². The maximum Gasteiger partial charge on any atom is 0.223 e. The highest BCUT2D eigenvalue weighted by Crippen LogP contribution is 2.16. The zero-order valence-corrected chi connectivity index (χ0v) is 12.7. The molecule has 1 amide bonds. The quantitative estimate of drug-likeness (QED) is 0.900. The van der Waals surface area contributed by atoms with Crippen molar-refractivity contribution in [2.75, 3.05) is 44.7 Å². The highest BCUT2D eigenvalue weighted by Gasteiger charge is 2.21. The summed E-state index contributed by atoms with van der Waals surface area (Å²) in [6, 6.07) is 4.00. The third-order valence-electron chi connectivity index (χ3n) is 3.26. The molecule has 0 saturated carbocycles. The summed E-state index contributed by atoms with van der Waals surface area (Å²) in [6.45, 7) is 3.99. The molecule has 1 saturated heterocycles. The van der Waals surface area contributed by atoms with Gasteiger partial charge in [-0.2, -0.15) is 0 Å². The summed E-state index contributed by atoms with van der Waals surface area (Å²) in [4.78, 5) is 20.4. The largest absolute Gasteiger partial charge is 0.353 e. The summed E-state index contributed by atoms with van der Waals surface area (Å²) >= 11 is 3.38. The van der Waals surface area contributed by atoms with Gasteiger partial charge in [0.1, 0.15) is 5.82 Å². The van der Waals surface area contributed by atoms with Crippen molar-refractivity contribution in [3.8, 4) is 0 Å². The molecule has 104 valence electrons. The van der Waals surface area contributed by atoms with Crippen molar-refractivity contribution >= 4 is 27.7 Å². The number of rotatable bonds is 4. The molecule has 1 N–H and O–H groups in total. The molecular formula is C13H19BrN4O.